The Morgan fingerprint density at radius 2 is 1.89 bits per heavy atom. The van der Waals surface area contributed by atoms with Crippen LogP contribution in [0, 0.1) is 5.41 Å². The average Bonchev–Trinajstić information content (AvgIpc) is 2.62. The van der Waals surface area contributed by atoms with Gasteiger partial charge in [-0.2, -0.15) is 0 Å². The fraction of sp³-hybridized carbons (Fsp3) is 0.150. The van der Waals surface area contributed by atoms with Gasteiger partial charge in [0.15, 0.2) is 0 Å². The third kappa shape index (κ3) is 6.27. The SMILES string of the molecule is N=C/C=C(\N)C(=O)N[C@@H](CC(=O)O)Cc1ccc(-c2cccc(Cl)c2)cc1. The predicted octanol–water partition coefficient (Wildman–Crippen LogP) is 3.00. The summed E-state index contributed by atoms with van der Waals surface area (Å²) in [6.07, 6.45) is 2.15. The van der Waals surface area contributed by atoms with Crippen molar-refractivity contribution in [3.63, 3.8) is 0 Å². The molecule has 0 aliphatic heterocycles. The highest BCUT2D eigenvalue weighted by molar-refractivity contribution is 6.30. The molecule has 5 N–H and O–H groups in total. The van der Waals surface area contributed by atoms with E-state index < -0.39 is 17.9 Å². The molecule has 1 amide bonds. The van der Waals surface area contributed by atoms with E-state index in [4.69, 9.17) is 27.9 Å². The Morgan fingerprint density at radius 3 is 2.48 bits per heavy atom. The Morgan fingerprint density at radius 1 is 1.19 bits per heavy atom. The van der Waals surface area contributed by atoms with E-state index in [1.165, 1.54) is 0 Å². The number of nitrogens with two attached hydrogens (primary N) is 1. The first-order chi connectivity index (χ1) is 12.9. The summed E-state index contributed by atoms with van der Waals surface area (Å²) in [6, 6.07) is 14.5. The van der Waals surface area contributed by atoms with Gasteiger partial charge in [0.05, 0.1) is 12.1 Å². The molecule has 0 bridgehead atoms. The van der Waals surface area contributed by atoms with Crippen LogP contribution in [-0.2, 0) is 16.0 Å². The van der Waals surface area contributed by atoms with Crippen molar-refractivity contribution in [1.29, 1.82) is 5.41 Å². The van der Waals surface area contributed by atoms with Gasteiger partial charge in [0.25, 0.3) is 5.91 Å². The molecule has 140 valence electrons. The zero-order chi connectivity index (χ0) is 19.8. The lowest BCUT2D eigenvalue weighted by atomic mass is 9.99. The molecule has 0 aliphatic carbocycles. The van der Waals surface area contributed by atoms with Gasteiger partial charge >= 0.3 is 5.97 Å². The van der Waals surface area contributed by atoms with Gasteiger partial charge in [0.1, 0.15) is 0 Å². The number of carbonyl (C=O) groups is 2. The molecular weight excluding hydrogens is 366 g/mol. The van der Waals surface area contributed by atoms with Gasteiger partial charge in [-0.15, -0.1) is 0 Å². The van der Waals surface area contributed by atoms with Crippen LogP contribution < -0.4 is 11.1 Å². The zero-order valence-electron chi connectivity index (χ0n) is 14.5. The third-order valence-corrected chi connectivity index (χ3v) is 4.11. The first kappa shape index (κ1) is 20.2. The fourth-order valence-corrected chi connectivity index (χ4v) is 2.80. The van der Waals surface area contributed by atoms with E-state index in [9.17, 15) is 9.59 Å². The number of amides is 1. The van der Waals surface area contributed by atoms with Crippen LogP contribution in [0.3, 0.4) is 0 Å². The Bertz CT molecular complexity index is 863. The maximum atomic E-state index is 12.0. The maximum absolute atomic E-state index is 12.0. The third-order valence-electron chi connectivity index (χ3n) is 3.88. The molecule has 0 saturated heterocycles. The highest BCUT2D eigenvalue weighted by Crippen LogP contribution is 2.23. The lowest BCUT2D eigenvalue weighted by Crippen LogP contribution is -2.40. The molecular formula is C20H20ClN3O3. The number of rotatable bonds is 8. The van der Waals surface area contributed by atoms with Gasteiger partial charge in [-0.3, -0.25) is 9.59 Å². The van der Waals surface area contributed by atoms with E-state index in [2.05, 4.69) is 5.32 Å². The monoisotopic (exact) mass is 385 g/mol. The van der Waals surface area contributed by atoms with Crippen LogP contribution in [0.4, 0.5) is 0 Å². The van der Waals surface area contributed by atoms with Crippen LogP contribution in [0.5, 0.6) is 0 Å². The maximum Gasteiger partial charge on any atom is 0.305 e. The summed E-state index contributed by atoms with van der Waals surface area (Å²) in [5.74, 6) is -1.62. The lowest BCUT2D eigenvalue weighted by molar-refractivity contribution is -0.137. The molecule has 2 aromatic carbocycles. The van der Waals surface area contributed by atoms with Crippen molar-refractivity contribution in [3.8, 4) is 11.1 Å². The van der Waals surface area contributed by atoms with Gasteiger partial charge in [0.2, 0.25) is 0 Å². The van der Waals surface area contributed by atoms with Crippen molar-refractivity contribution >= 4 is 29.7 Å². The van der Waals surface area contributed by atoms with Crippen molar-refractivity contribution in [2.24, 2.45) is 5.73 Å². The number of carbonyl (C=O) groups excluding carboxylic acids is 1. The second-order valence-electron chi connectivity index (χ2n) is 5.97. The first-order valence-electron chi connectivity index (χ1n) is 8.23. The van der Waals surface area contributed by atoms with Crippen LogP contribution in [-0.4, -0.2) is 29.2 Å². The van der Waals surface area contributed by atoms with E-state index in [1.54, 1.807) is 6.07 Å². The molecule has 0 radical (unpaired) electrons. The summed E-state index contributed by atoms with van der Waals surface area (Å²) in [6.45, 7) is 0. The topological polar surface area (TPSA) is 116 Å². The summed E-state index contributed by atoms with van der Waals surface area (Å²) in [7, 11) is 0. The molecule has 1 atom stereocenters. The van der Waals surface area contributed by atoms with Gasteiger partial charge in [-0.25, -0.2) is 0 Å². The highest BCUT2D eigenvalue weighted by Gasteiger charge is 2.18. The van der Waals surface area contributed by atoms with E-state index in [-0.39, 0.29) is 12.1 Å². The minimum atomic E-state index is -1.02. The standard InChI is InChI=1S/C20H20ClN3O3/c21-16-3-1-2-15(11-16)14-6-4-13(5-7-14)10-17(12-19(25)26)24-20(27)18(23)8-9-22/h1-9,11,17,22H,10,12,23H2,(H,24,27)(H,25,26)/b18-8-,22-9?/t17-/m1/s1. The molecule has 6 nitrogen and oxygen atoms in total. The summed E-state index contributed by atoms with van der Waals surface area (Å²) < 4.78 is 0. The molecule has 0 aromatic heterocycles. The first-order valence-corrected chi connectivity index (χ1v) is 8.60. The van der Waals surface area contributed by atoms with Crippen LogP contribution in [0.25, 0.3) is 11.1 Å². The minimum absolute atomic E-state index is 0.142. The number of benzene rings is 2. The number of allylic oxidation sites excluding steroid dienone is 1. The summed E-state index contributed by atoms with van der Waals surface area (Å²) in [4.78, 5) is 23.1. The molecule has 0 fully saturated rings. The summed E-state index contributed by atoms with van der Waals surface area (Å²) in [5, 5.41) is 19.3. The summed E-state index contributed by atoms with van der Waals surface area (Å²) >= 11 is 6.02. The van der Waals surface area contributed by atoms with E-state index in [0.29, 0.717) is 11.4 Å². The molecule has 0 aliphatic rings. The molecule has 0 heterocycles. The molecule has 0 unspecified atom stereocenters. The van der Waals surface area contributed by atoms with E-state index in [1.807, 2.05) is 42.5 Å². The Balaban J connectivity index is 2.12. The lowest BCUT2D eigenvalue weighted by Gasteiger charge is -2.17. The molecule has 0 spiro atoms. The Kier molecular flexibility index (Phi) is 7.14. The van der Waals surface area contributed by atoms with E-state index >= 15 is 0 Å². The molecule has 7 heteroatoms. The zero-order valence-corrected chi connectivity index (χ0v) is 15.2. The number of aliphatic carboxylic acids is 1. The van der Waals surface area contributed by atoms with Crippen molar-refractivity contribution in [2.75, 3.05) is 0 Å². The molecule has 27 heavy (non-hydrogen) atoms. The normalized spacial score (nSPS) is 12.3. The van der Waals surface area contributed by atoms with Crippen molar-refractivity contribution in [3.05, 3.63) is 70.9 Å². The average molecular weight is 386 g/mol. The van der Waals surface area contributed by atoms with Crippen LogP contribution in [0.2, 0.25) is 5.02 Å². The smallest absolute Gasteiger partial charge is 0.305 e. The van der Waals surface area contributed by atoms with E-state index in [0.717, 1.165) is 29.0 Å². The Hall–Kier alpha value is -3.12. The predicted molar refractivity (Wildman–Crippen MR) is 106 cm³/mol. The molecule has 2 rings (SSSR count). The second-order valence-corrected chi connectivity index (χ2v) is 6.40. The molecule has 0 saturated carbocycles. The van der Waals surface area contributed by atoms with Crippen molar-refractivity contribution < 1.29 is 14.7 Å². The van der Waals surface area contributed by atoms with Gasteiger partial charge in [-0.05, 0) is 41.3 Å². The van der Waals surface area contributed by atoms with Crippen molar-refractivity contribution in [1.82, 2.24) is 5.32 Å². The highest BCUT2D eigenvalue weighted by atomic mass is 35.5. The number of carboxylic acids is 1. The van der Waals surface area contributed by atoms with Gasteiger partial charge in [0, 0.05) is 17.3 Å². The quantitative estimate of drug-likeness (QED) is 0.412. The number of halogens is 1. The number of hydrogen-bond donors (Lipinski definition) is 4. The molecule has 2 aromatic rings. The number of carboxylic acid groups (broad SMARTS) is 1. The Labute approximate surface area is 162 Å². The van der Waals surface area contributed by atoms with Crippen molar-refractivity contribution in [2.45, 2.75) is 18.9 Å². The second kappa shape index (κ2) is 9.54. The van der Waals surface area contributed by atoms with Crippen LogP contribution in [0.1, 0.15) is 12.0 Å². The number of nitrogens with one attached hydrogen (secondary N) is 2. The van der Waals surface area contributed by atoms with Crippen LogP contribution >= 0.6 is 11.6 Å². The largest absolute Gasteiger partial charge is 0.481 e. The van der Waals surface area contributed by atoms with Gasteiger partial charge < -0.3 is 21.6 Å². The fourth-order valence-electron chi connectivity index (χ4n) is 2.61. The van der Waals surface area contributed by atoms with Crippen LogP contribution in [0.15, 0.2) is 60.3 Å². The minimum Gasteiger partial charge on any atom is -0.481 e. The number of hydrogen-bond acceptors (Lipinski definition) is 4. The van der Waals surface area contributed by atoms with Gasteiger partial charge in [-0.1, -0.05) is 48.0 Å². The summed E-state index contributed by atoms with van der Waals surface area (Å²) in [5.41, 5.74) is 8.24.